The van der Waals surface area contributed by atoms with E-state index in [1.807, 2.05) is 6.92 Å². The molecule has 1 aliphatic carbocycles. The minimum absolute atomic E-state index is 0.300. The lowest BCUT2D eigenvalue weighted by atomic mass is 10.2. The molecule has 0 saturated heterocycles. The van der Waals surface area contributed by atoms with Crippen LogP contribution in [0.1, 0.15) is 18.4 Å². The predicted molar refractivity (Wildman–Crippen MR) is 64.2 cm³/mol. The van der Waals surface area contributed by atoms with E-state index in [2.05, 4.69) is 4.72 Å². The molecule has 0 bridgehead atoms. The average molecular weight is 260 g/mol. The summed E-state index contributed by atoms with van der Waals surface area (Å²) in [7, 11) is -3.42. The van der Waals surface area contributed by atoms with E-state index in [9.17, 15) is 8.42 Å². The van der Waals surface area contributed by atoms with Crippen molar-refractivity contribution in [3.63, 3.8) is 0 Å². The smallest absolute Gasteiger partial charge is 0.207 e. The van der Waals surface area contributed by atoms with E-state index < -0.39 is 15.6 Å². The molecular formula is C11H14ClNO2S. The zero-order valence-corrected chi connectivity index (χ0v) is 10.6. The minimum atomic E-state index is -3.42. The molecule has 0 heterocycles. The van der Waals surface area contributed by atoms with Crippen LogP contribution >= 0.6 is 11.6 Å². The number of hydrogen-bond donors (Lipinski definition) is 1. The summed E-state index contributed by atoms with van der Waals surface area (Å²) in [5.74, 6) is 0.331. The molecule has 2 rings (SSSR count). The number of aryl methyl sites for hydroxylation is 1. The molecule has 16 heavy (non-hydrogen) atoms. The molecule has 1 fully saturated rings. The molecule has 0 aliphatic heterocycles. The molecule has 0 unspecified atom stereocenters. The Labute approximate surface area is 101 Å². The third kappa shape index (κ3) is 2.39. The molecule has 0 spiro atoms. The van der Waals surface area contributed by atoms with Crippen LogP contribution < -0.4 is 4.72 Å². The summed E-state index contributed by atoms with van der Waals surface area (Å²) >= 11 is 5.75. The fourth-order valence-corrected chi connectivity index (χ4v) is 3.35. The van der Waals surface area contributed by atoms with Crippen LogP contribution in [-0.4, -0.2) is 19.8 Å². The van der Waals surface area contributed by atoms with Gasteiger partial charge in [-0.15, -0.1) is 11.6 Å². The van der Waals surface area contributed by atoms with Crippen LogP contribution in [0.5, 0.6) is 0 Å². The van der Waals surface area contributed by atoms with Gasteiger partial charge in [0, 0.05) is 11.4 Å². The Balaban J connectivity index is 2.22. The van der Waals surface area contributed by atoms with E-state index in [1.54, 1.807) is 24.3 Å². The van der Waals surface area contributed by atoms with Crippen LogP contribution in [0.2, 0.25) is 0 Å². The largest absolute Gasteiger partial charge is 0.241 e. The van der Waals surface area contributed by atoms with Gasteiger partial charge in [0.1, 0.15) is 0 Å². The normalized spacial score (nSPS) is 18.4. The second-order valence-electron chi connectivity index (χ2n) is 4.33. The van der Waals surface area contributed by atoms with E-state index in [1.165, 1.54) is 0 Å². The summed E-state index contributed by atoms with van der Waals surface area (Å²) in [6, 6.07) is 6.80. The van der Waals surface area contributed by atoms with Crippen molar-refractivity contribution in [2.24, 2.45) is 0 Å². The summed E-state index contributed by atoms with van der Waals surface area (Å²) in [5, 5.41) is 0. The topological polar surface area (TPSA) is 46.2 Å². The number of rotatable bonds is 4. The van der Waals surface area contributed by atoms with Crippen molar-refractivity contribution in [1.29, 1.82) is 0 Å². The Kier molecular flexibility index (Phi) is 2.99. The molecule has 0 radical (unpaired) electrons. The van der Waals surface area contributed by atoms with Gasteiger partial charge in [-0.25, -0.2) is 13.1 Å². The molecule has 1 N–H and O–H groups in total. The van der Waals surface area contributed by atoms with E-state index in [0.29, 0.717) is 10.8 Å². The van der Waals surface area contributed by atoms with Crippen LogP contribution in [-0.2, 0) is 10.0 Å². The molecule has 1 aromatic carbocycles. The van der Waals surface area contributed by atoms with Crippen LogP contribution in [0, 0.1) is 6.92 Å². The fourth-order valence-electron chi connectivity index (χ4n) is 1.48. The third-order valence-electron chi connectivity index (χ3n) is 2.79. The predicted octanol–water partition coefficient (Wildman–Crippen LogP) is 2.04. The summed E-state index contributed by atoms with van der Waals surface area (Å²) in [6.45, 7) is 1.92. The molecular weight excluding hydrogens is 246 g/mol. The van der Waals surface area contributed by atoms with Crippen LogP contribution in [0.4, 0.5) is 0 Å². The first kappa shape index (κ1) is 11.9. The molecule has 0 aromatic heterocycles. The summed E-state index contributed by atoms with van der Waals surface area (Å²) in [4.78, 5) is 0.300. The number of nitrogens with one attached hydrogen (secondary N) is 1. The maximum absolute atomic E-state index is 12.0. The van der Waals surface area contributed by atoms with Gasteiger partial charge in [-0.05, 0) is 31.9 Å². The molecule has 1 saturated carbocycles. The highest BCUT2D eigenvalue weighted by atomic mass is 35.5. The number of benzene rings is 1. The van der Waals surface area contributed by atoms with Gasteiger partial charge in [-0.1, -0.05) is 17.7 Å². The summed E-state index contributed by atoms with van der Waals surface area (Å²) in [5.41, 5.74) is 0.642. The first-order valence-corrected chi connectivity index (χ1v) is 7.16. The van der Waals surface area contributed by atoms with Crippen LogP contribution in [0.25, 0.3) is 0 Å². The van der Waals surface area contributed by atoms with E-state index >= 15 is 0 Å². The molecule has 5 heteroatoms. The van der Waals surface area contributed by atoms with E-state index in [0.717, 1.165) is 18.4 Å². The SMILES string of the molecule is Cc1ccc(S(=O)(=O)NC2(CCl)CC2)cc1. The average Bonchev–Trinajstić information content (AvgIpc) is 2.98. The monoisotopic (exact) mass is 259 g/mol. The molecule has 3 nitrogen and oxygen atoms in total. The van der Waals surface area contributed by atoms with Crippen molar-refractivity contribution in [3.05, 3.63) is 29.8 Å². The van der Waals surface area contributed by atoms with Gasteiger partial charge >= 0.3 is 0 Å². The molecule has 1 aliphatic rings. The Hall–Kier alpha value is -0.580. The van der Waals surface area contributed by atoms with Crippen LogP contribution in [0.3, 0.4) is 0 Å². The van der Waals surface area contributed by atoms with Gasteiger partial charge in [-0.2, -0.15) is 0 Å². The molecule has 88 valence electrons. The quantitative estimate of drug-likeness (QED) is 0.842. The first-order chi connectivity index (χ1) is 7.47. The van der Waals surface area contributed by atoms with Crippen molar-refractivity contribution in [2.75, 3.05) is 5.88 Å². The molecule has 1 aromatic rings. The first-order valence-electron chi connectivity index (χ1n) is 5.14. The lowest BCUT2D eigenvalue weighted by molar-refractivity contribution is 0.559. The summed E-state index contributed by atoms with van der Waals surface area (Å²) < 4.78 is 26.6. The lowest BCUT2D eigenvalue weighted by Gasteiger charge is -2.14. The number of halogens is 1. The zero-order chi connectivity index (χ0) is 11.8. The van der Waals surface area contributed by atoms with Crippen molar-refractivity contribution in [3.8, 4) is 0 Å². The highest BCUT2D eigenvalue weighted by Gasteiger charge is 2.45. The molecule has 0 atom stereocenters. The van der Waals surface area contributed by atoms with Gasteiger partial charge in [0.05, 0.1) is 4.90 Å². The standard InChI is InChI=1S/C11H14ClNO2S/c1-9-2-4-10(5-3-9)16(14,15)13-11(8-12)6-7-11/h2-5,13H,6-8H2,1H3. The number of hydrogen-bond acceptors (Lipinski definition) is 2. The van der Waals surface area contributed by atoms with Crippen molar-refractivity contribution in [2.45, 2.75) is 30.2 Å². The third-order valence-corrected chi connectivity index (χ3v) is 4.90. The highest BCUT2D eigenvalue weighted by Crippen LogP contribution is 2.37. The van der Waals surface area contributed by atoms with Gasteiger partial charge < -0.3 is 0 Å². The van der Waals surface area contributed by atoms with Gasteiger partial charge in [0.15, 0.2) is 0 Å². The highest BCUT2D eigenvalue weighted by molar-refractivity contribution is 7.89. The van der Waals surface area contributed by atoms with Crippen molar-refractivity contribution >= 4 is 21.6 Å². The van der Waals surface area contributed by atoms with Gasteiger partial charge in [0.2, 0.25) is 10.0 Å². The zero-order valence-electron chi connectivity index (χ0n) is 9.03. The fraction of sp³-hybridized carbons (Fsp3) is 0.455. The molecule has 0 amide bonds. The van der Waals surface area contributed by atoms with Crippen LogP contribution in [0.15, 0.2) is 29.2 Å². The number of alkyl halides is 1. The van der Waals surface area contributed by atoms with E-state index in [-0.39, 0.29) is 0 Å². The lowest BCUT2D eigenvalue weighted by Crippen LogP contribution is -2.38. The Morgan fingerprint density at radius 2 is 1.88 bits per heavy atom. The van der Waals surface area contributed by atoms with Crippen molar-refractivity contribution < 1.29 is 8.42 Å². The Bertz CT molecular complexity index is 477. The van der Waals surface area contributed by atoms with Crippen molar-refractivity contribution in [1.82, 2.24) is 4.72 Å². The maximum atomic E-state index is 12.0. The van der Waals surface area contributed by atoms with Gasteiger partial charge in [-0.3, -0.25) is 0 Å². The Morgan fingerprint density at radius 1 is 1.31 bits per heavy atom. The second kappa shape index (κ2) is 4.02. The maximum Gasteiger partial charge on any atom is 0.241 e. The number of sulfonamides is 1. The van der Waals surface area contributed by atoms with Gasteiger partial charge in [0.25, 0.3) is 0 Å². The van der Waals surface area contributed by atoms with E-state index in [4.69, 9.17) is 11.6 Å². The summed E-state index contributed by atoms with van der Waals surface area (Å²) in [6.07, 6.45) is 1.64. The second-order valence-corrected chi connectivity index (χ2v) is 6.28. The Morgan fingerprint density at radius 3 is 2.31 bits per heavy atom. The minimum Gasteiger partial charge on any atom is -0.207 e.